The van der Waals surface area contributed by atoms with E-state index < -0.39 is 8.80 Å². The Balaban J connectivity index is 2.22. The lowest BCUT2D eigenvalue weighted by Crippen LogP contribution is -2.47. The van der Waals surface area contributed by atoms with Gasteiger partial charge in [-0.15, -0.1) is 0 Å². The second-order valence-corrected chi connectivity index (χ2v) is 8.21. The van der Waals surface area contributed by atoms with Gasteiger partial charge in [-0.3, -0.25) is 0 Å². The van der Waals surface area contributed by atoms with Crippen LogP contribution in [0.3, 0.4) is 0 Å². The van der Waals surface area contributed by atoms with Crippen molar-refractivity contribution in [3.63, 3.8) is 0 Å². The molecule has 0 aliphatic carbocycles. The number of hydrogen-bond acceptors (Lipinski definition) is 4. The van der Waals surface area contributed by atoms with Crippen LogP contribution in [0.4, 0.5) is 0 Å². The van der Waals surface area contributed by atoms with E-state index in [9.17, 15) is 0 Å². The molecule has 2 rings (SSSR count). The molecule has 0 aromatic heterocycles. The Morgan fingerprint density at radius 1 is 0.955 bits per heavy atom. The van der Waals surface area contributed by atoms with Gasteiger partial charge in [0.05, 0.1) is 6.10 Å². The highest BCUT2D eigenvalue weighted by Crippen LogP contribution is 2.23. The summed E-state index contributed by atoms with van der Waals surface area (Å²) in [5.41, 5.74) is 1.16. The summed E-state index contributed by atoms with van der Waals surface area (Å²) in [5, 5.41) is 2.40. The quantitative estimate of drug-likeness (QED) is 0.550. The standard InChI is InChI=1S/C17H24O4Si/c1-14(2)20-13-21-22(18-3,19-4)12-16-10-7-9-15-8-5-6-11-17(15)16/h5-11,14H,12-13H2,1-4H3. The molecule has 0 heterocycles. The van der Waals surface area contributed by atoms with Crippen molar-refractivity contribution in [1.29, 1.82) is 0 Å². The number of hydrogen-bond donors (Lipinski definition) is 0. The number of rotatable bonds is 8. The zero-order valence-corrected chi connectivity index (χ0v) is 14.7. The molecule has 0 saturated carbocycles. The monoisotopic (exact) mass is 320 g/mol. The van der Waals surface area contributed by atoms with Crippen LogP contribution in [0, 0.1) is 0 Å². The fourth-order valence-corrected chi connectivity index (χ4v) is 4.15. The smallest absolute Gasteiger partial charge is 0.377 e. The van der Waals surface area contributed by atoms with Crippen molar-refractivity contribution in [3.8, 4) is 0 Å². The Morgan fingerprint density at radius 3 is 2.32 bits per heavy atom. The van der Waals surface area contributed by atoms with E-state index in [1.165, 1.54) is 10.8 Å². The summed E-state index contributed by atoms with van der Waals surface area (Å²) >= 11 is 0. The zero-order valence-electron chi connectivity index (χ0n) is 13.7. The van der Waals surface area contributed by atoms with Crippen LogP contribution in [0.2, 0.25) is 0 Å². The molecule has 2 aromatic rings. The van der Waals surface area contributed by atoms with Gasteiger partial charge in [-0.05, 0) is 30.2 Å². The summed E-state index contributed by atoms with van der Waals surface area (Å²) < 4.78 is 22.6. The van der Waals surface area contributed by atoms with Crippen molar-refractivity contribution in [1.82, 2.24) is 0 Å². The summed E-state index contributed by atoms with van der Waals surface area (Å²) in [6, 6.07) is 15.1. The number of fused-ring (bicyclic) bond motifs is 1. The van der Waals surface area contributed by atoms with E-state index >= 15 is 0 Å². The Labute approximate surface area is 133 Å². The second kappa shape index (κ2) is 7.85. The summed E-state index contributed by atoms with van der Waals surface area (Å²) in [6.45, 7) is 4.12. The molecule has 22 heavy (non-hydrogen) atoms. The summed E-state index contributed by atoms with van der Waals surface area (Å²) in [5.74, 6) is 0. The van der Waals surface area contributed by atoms with Crippen LogP contribution >= 0.6 is 0 Å². The highest BCUT2D eigenvalue weighted by atomic mass is 28.4. The maximum absolute atomic E-state index is 5.86. The van der Waals surface area contributed by atoms with E-state index in [2.05, 4.69) is 24.3 Å². The first-order chi connectivity index (χ1) is 10.6. The molecular weight excluding hydrogens is 296 g/mol. The van der Waals surface area contributed by atoms with Gasteiger partial charge in [-0.25, -0.2) is 0 Å². The normalized spacial score (nSPS) is 12.2. The van der Waals surface area contributed by atoms with Gasteiger partial charge < -0.3 is 18.0 Å². The van der Waals surface area contributed by atoms with Crippen LogP contribution in [0.5, 0.6) is 0 Å². The highest BCUT2D eigenvalue weighted by molar-refractivity contribution is 6.60. The molecule has 0 spiro atoms. The fourth-order valence-electron chi connectivity index (χ4n) is 2.34. The molecule has 0 unspecified atom stereocenters. The van der Waals surface area contributed by atoms with E-state index in [0.717, 1.165) is 5.56 Å². The molecule has 0 N–H and O–H groups in total. The van der Waals surface area contributed by atoms with Crippen molar-refractivity contribution in [2.24, 2.45) is 0 Å². The summed E-state index contributed by atoms with van der Waals surface area (Å²) in [7, 11) is 0.477. The Hall–Kier alpha value is -1.24. The minimum Gasteiger partial charge on any atom is -0.377 e. The molecule has 120 valence electrons. The minimum absolute atomic E-state index is 0.109. The third kappa shape index (κ3) is 4.15. The van der Waals surface area contributed by atoms with Gasteiger partial charge in [-0.2, -0.15) is 0 Å². The van der Waals surface area contributed by atoms with Crippen LogP contribution < -0.4 is 0 Å². The lowest BCUT2D eigenvalue weighted by molar-refractivity contribution is -0.0577. The van der Waals surface area contributed by atoms with E-state index in [4.69, 9.17) is 18.0 Å². The van der Waals surface area contributed by atoms with Crippen LogP contribution in [-0.4, -0.2) is 35.9 Å². The van der Waals surface area contributed by atoms with Crippen molar-refractivity contribution in [2.45, 2.75) is 26.0 Å². The molecule has 0 amide bonds. The minimum atomic E-state index is -2.79. The maximum atomic E-state index is 5.86. The number of ether oxygens (including phenoxy) is 1. The molecular formula is C17H24O4Si. The van der Waals surface area contributed by atoms with Crippen molar-refractivity contribution in [3.05, 3.63) is 48.0 Å². The average molecular weight is 320 g/mol. The van der Waals surface area contributed by atoms with Crippen molar-refractivity contribution < 1.29 is 18.0 Å². The van der Waals surface area contributed by atoms with Gasteiger partial charge >= 0.3 is 8.80 Å². The molecule has 0 radical (unpaired) electrons. The molecule has 0 aliphatic rings. The second-order valence-electron chi connectivity index (χ2n) is 5.38. The zero-order chi connectivity index (χ0) is 16.0. The van der Waals surface area contributed by atoms with Crippen LogP contribution in [0.25, 0.3) is 10.8 Å². The van der Waals surface area contributed by atoms with E-state index in [0.29, 0.717) is 6.04 Å². The molecule has 4 nitrogen and oxygen atoms in total. The predicted octanol–water partition coefficient (Wildman–Crippen LogP) is 3.55. The fraction of sp³-hybridized carbons (Fsp3) is 0.412. The number of benzene rings is 2. The van der Waals surface area contributed by atoms with Gasteiger partial charge in [0, 0.05) is 20.3 Å². The molecule has 5 heteroatoms. The van der Waals surface area contributed by atoms with E-state index in [1.807, 2.05) is 32.0 Å². The van der Waals surface area contributed by atoms with Gasteiger partial charge in [0.1, 0.15) is 6.79 Å². The molecule has 0 atom stereocenters. The highest BCUT2D eigenvalue weighted by Gasteiger charge is 2.40. The summed E-state index contributed by atoms with van der Waals surface area (Å²) in [6.07, 6.45) is 0.109. The Kier molecular flexibility index (Phi) is 6.11. The average Bonchev–Trinajstić information content (AvgIpc) is 2.54. The van der Waals surface area contributed by atoms with Gasteiger partial charge in [0.25, 0.3) is 0 Å². The van der Waals surface area contributed by atoms with Crippen LogP contribution in [0.1, 0.15) is 19.4 Å². The van der Waals surface area contributed by atoms with Crippen LogP contribution in [-0.2, 0) is 24.1 Å². The van der Waals surface area contributed by atoms with Crippen molar-refractivity contribution >= 4 is 19.6 Å². The van der Waals surface area contributed by atoms with Crippen LogP contribution in [0.15, 0.2) is 42.5 Å². The topological polar surface area (TPSA) is 36.9 Å². The Bertz CT molecular complexity index is 591. The lowest BCUT2D eigenvalue weighted by atomic mass is 10.1. The summed E-state index contributed by atoms with van der Waals surface area (Å²) in [4.78, 5) is 0. The molecule has 2 aromatic carbocycles. The largest absolute Gasteiger partial charge is 0.506 e. The van der Waals surface area contributed by atoms with Gasteiger partial charge in [0.2, 0.25) is 0 Å². The van der Waals surface area contributed by atoms with E-state index in [-0.39, 0.29) is 12.9 Å². The third-order valence-electron chi connectivity index (χ3n) is 3.59. The first-order valence-electron chi connectivity index (χ1n) is 7.43. The molecule has 0 bridgehead atoms. The first-order valence-corrected chi connectivity index (χ1v) is 9.36. The third-order valence-corrected chi connectivity index (χ3v) is 6.20. The van der Waals surface area contributed by atoms with E-state index in [1.54, 1.807) is 14.2 Å². The Morgan fingerprint density at radius 2 is 1.64 bits per heavy atom. The SMILES string of the molecule is CO[Si](Cc1cccc2ccccc12)(OC)OCOC(C)C. The predicted molar refractivity (Wildman–Crippen MR) is 89.6 cm³/mol. The maximum Gasteiger partial charge on any atom is 0.506 e. The van der Waals surface area contributed by atoms with Gasteiger partial charge in [-0.1, -0.05) is 42.5 Å². The van der Waals surface area contributed by atoms with Crippen molar-refractivity contribution in [2.75, 3.05) is 21.0 Å². The van der Waals surface area contributed by atoms with Gasteiger partial charge in [0.15, 0.2) is 0 Å². The molecule has 0 saturated heterocycles. The lowest BCUT2D eigenvalue weighted by Gasteiger charge is -2.27. The molecule has 0 fully saturated rings. The first kappa shape index (κ1) is 17.1. The molecule has 0 aliphatic heterocycles.